The molecule has 3 rings (SSSR count). The molecule has 0 fully saturated rings. The average molecular weight is 402 g/mol. The van der Waals surface area contributed by atoms with Crippen LogP contribution in [0.2, 0.25) is 0 Å². The van der Waals surface area contributed by atoms with Crippen molar-refractivity contribution < 1.29 is 18.7 Å². The third-order valence-electron chi connectivity index (χ3n) is 3.32. The van der Waals surface area contributed by atoms with Crippen molar-refractivity contribution in [1.29, 1.82) is 0 Å². The molecule has 1 amide bonds. The number of para-hydroxylation sites is 2. The van der Waals surface area contributed by atoms with E-state index in [0.717, 1.165) is 6.07 Å². The van der Waals surface area contributed by atoms with Gasteiger partial charge in [-0.2, -0.15) is 0 Å². The van der Waals surface area contributed by atoms with Crippen LogP contribution in [0.1, 0.15) is 10.6 Å². The molecule has 0 unspecified atom stereocenters. The zero-order valence-corrected chi connectivity index (χ0v) is 14.4. The Hall–Kier alpha value is -2.93. The van der Waals surface area contributed by atoms with Gasteiger partial charge in [0, 0.05) is 10.5 Å². The van der Waals surface area contributed by atoms with Crippen LogP contribution in [0.15, 0.2) is 68.3 Å². The molecule has 0 bridgehead atoms. The predicted molar refractivity (Wildman–Crippen MR) is 95.5 cm³/mol. The highest BCUT2D eigenvalue weighted by Gasteiger charge is 2.15. The molecule has 0 atom stereocenters. The van der Waals surface area contributed by atoms with Gasteiger partial charge in [-0.15, -0.1) is 0 Å². The number of halogens is 1. The quantitative estimate of drug-likeness (QED) is 0.677. The Bertz CT molecular complexity index is 1010. The number of benzene rings is 2. The third-order valence-corrected chi connectivity index (χ3v) is 4.01. The van der Waals surface area contributed by atoms with Crippen LogP contribution in [-0.2, 0) is 9.53 Å². The molecular formula is C18H12BrNO5. The molecule has 6 nitrogen and oxygen atoms in total. The number of fused-ring (bicyclic) bond motifs is 1. The highest BCUT2D eigenvalue weighted by Crippen LogP contribution is 2.21. The fourth-order valence-electron chi connectivity index (χ4n) is 2.16. The third kappa shape index (κ3) is 3.95. The maximum atomic E-state index is 12.0. The summed E-state index contributed by atoms with van der Waals surface area (Å²) in [6.45, 7) is -0.503. The van der Waals surface area contributed by atoms with Crippen LogP contribution < -0.4 is 10.7 Å². The predicted octanol–water partition coefficient (Wildman–Crippen LogP) is 3.35. The normalized spacial score (nSPS) is 10.4. The minimum Gasteiger partial charge on any atom is -0.450 e. The smallest absolute Gasteiger partial charge is 0.374 e. The fourth-order valence-corrected chi connectivity index (χ4v) is 2.54. The van der Waals surface area contributed by atoms with Crippen molar-refractivity contribution in [3.05, 3.63) is 75.1 Å². The van der Waals surface area contributed by atoms with Gasteiger partial charge in [0.05, 0.1) is 11.1 Å². The van der Waals surface area contributed by atoms with E-state index in [4.69, 9.17) is 9.15 Å². The summed E-state index contributed by atoms with van der Waals surface area (Å²) in [5, 5.41) is 2.97. The molecule has 1 heterocycles. The molecule has 0 aliphatic rings. The minimum absolute atomic E-state index is 0.252. The summed E-state index contributed by atoms with van der Waals surface area (Å²) in [6, 6.07) is 14.6. The van der Waals surface area contributed by atoms with E-state index < -0.39 is 18.5 Å². The fraction of sp³-hybridized carbons (Fsp3) is 0.0556. The first-order valence-electron chi connectivity index (χ1n) is 7.29. The summed E-state index contributed by atoms with van der Waals surface area (Å²) in [4.78, 5) is 35.9. The second kappa shape index (κ2) is 7.31. The lowest BCUT2D eigenvalue weighted by Crippen LogP contribution is -2.21. The summed E-state index contributed by atoms with van der Waals surface area (Å²) < 4.78 is 11.0. The van der Waals surface area contributed by atoms with Crippen molar-refractivity contribution in [1.82, 2.24) is 0 Å². The second-order valence-electron chi connectivity index (χ2n) is 5.08. The Morgan fingerprint density at radius 2 is 1.80 bits per heavy atom. The maximum Gasteiger partial charge on any atom is 0.374 e. The van der Waals surface area contributed by atoms with Gasteiger partial charge in [-0.1, -0.05) is 24.3 Å². The Morgan fingerprint density at radius 3 is 2.60 bits per heavy atom. The van der Waals surface area contributed by atoms with Crippen LogP contribution >= 0.6 is 15.9 Å². The number of esters is 1. The molecule has 126 valence electrons. The first kappa shape index (κ1) is 16.9. The highest BCUT2D eigenvalue weighted by molar-refractivity contribution is 9.10. The van der Waals surface area contributed by atoms with Crippen LogP contribution in [0.5, 0.6) is 0 Å². The molecule has 7 heteroatoms. The molecule has 0 radical (unpaired) electrons. The van der Waals surface area contributed by atoms with E-state index in [1.807, 2.05) is 6.07 Å². The largest absolute Gasteiger partial charge is 0.450 e. The van der Waals surface area contributed by atoms with Gasteiger partial charge in [0.2, 0.25) is 5.76 Å². The van der Waals surface area contributed by atoms with Crippen LogP contribution in [0.25, 0.3) is 11.0 Å². The van der Waals surface area contributed by atoms with Crippen LogP contribution in [-0.4, -0.2) is 18.5 Å². The van der Waals surface area contributed by atoms with E-state index >= 15 is 0 Å². The standard InChI is InChI=1S/C18H12BrNO5/c19-12-6-2-3-7-13(12)20-17(22)10-24-18(23)16-9-14(21)11-5-1-4-8-15(11)25-16/h1-9H,10H2,(H,20,22). The summed E-state index contributed by atoms with van der Waals surface area (Å²) in [6.07, 6.45) is 0. The van der Waals surface area contributed by atoms with E-state index in [2.05, 4.69) is 21.2 Å². The molecule has 0 aliphatic carbocycles. The lowest BCUT2D eigenvalue weighted by Gasteiger charge is -2.08. The summed E-state index contributed by atoms with van der Waals surface area (Å²) >= 11 is 3.30. The molecule has 1 N–H and O–H groups in total. The van der Waals surface area contributed by atoms with E-state index in [0.29, 0.717) is 15.5 Å². The van der Waals surface area contributed by atoms with Crippen molar-refractivity contribution >= 4 is 44.5 Å². The van der Waals surface area contributed by atoms with Gasteiger partial charge in [0.1, 0.15) is 5.58 Å². The molecule has 1 aromatic heterocycles. The molecule has 25 heavy (non-hydrogen) atoms. The minimum atomic E-state index is -0.884. The Balaban J connectivity index is 1.67. The monoisotopic (exact) mass is 401 g/mol. The number of carbonyl (C=O) groups excluding carboxylic acids is 2. The van der Waals surface area contributed by atoms with Crippen LogP contribution in [0, 0.1) is 0 Å². The van der Waals surface area contributed by atoms with Gasteiger partial charge in [0.25, 0.3) is 5.91 Å². The van der Waals surface area contributed by atoms with Gasteiger partial charge < -0.3 is 14.5 Å². The Labute approximate surface area is 150 Å². The second-order valence-corrected chi connectivity index (χ2v) is 5.93. The number of hydrogen-bond donors (Lipinski definition) is 1. The van der Waals surface area contributed by atoms with Crippen LogP contribution in [0.3, 0.4) is 0 Å². The zero-order valence-electron chi connectivity index (χ0n) is 12.8. The maximum absolute atomic E-state index is 12.0. The number of rotatable bonds is 4. The van der Waals surface area contributed by atoms with Gasteiger partial charge in [-0.05, 0) is 40.2 Å². The van der Waals surface area contributed by atoms with E-state index in [1.54, 1.807) is 42.5 Å². The van der Waals surface area contributed by atoms with Crippen molar-refractivity contribution in [2.45, 2.75) is 0 Å². The number of anilines is 1. The van der Waals surface area contributed by atoms with Gasteiger partial charge in [0.15, 0.2) is 12.0 Å². The molecule has 3 aromatic rings. The Kier molecular flexibility index (Phi) is 4.95. The van der Waals surface area contributed by atoms with Gasteiger partial charge in [-0.25, -0.2) is 4.79 Å². The van der Waals surface area contributed by atoms with Crippen molar-refractivity contribution in [3.63, 3.8) is 0 Å². The van der Waals surface area contributed by atoms with E-state index in [9.17, 15) is 14.4 Å². The first-order chi connectivity index (χ1) is 12.0. The number of nitrogens with one attached hydrogen (secondary N) is 1. The number of amides is 1. The molecule has 2 aromatic carbocycles. The molecule has 0 aliphatic heterocycles. The average Bonchev–Trinajstić information content (AvgIpc) is 2.61. The summed E-state index contributed by atoms with van der Waals surface area (Å²) in [7, 11) is 0. The zero-order chi connectivity index (χ0) is 17.8. The van der Waals surface area contributed by atoms with Crippen molar-refractivity contribution in [2.75, 3.05) is 11.9 Å². The van der Waals surface area contributed by atoms with Crippen LogP contribution in [0.4, 0.5) is 5.69 Å². The molecule has 0 saturated carbocycles. The molecular weight excluding hydrogens is 390 g/mol. The number of carbonyl (C=O) groups is 2. The summed E-state index contributed by atoms with van der Waals surface area (Å²) in [5.74, 6) is -1.65. The lowest BCUT2D eigenvalue weighted by molar-refractivity contribution is -0.119. The number of ether oxygens (including phenoxy) is 1. The summed E-state index contributed by atoms with van der Waals surface area (Å²) in [5.41, 5.74) is 0.479. The lowest BCUT2D eigenvalue weighted by atomic mass is 10.2. The van der Waals surface area contributed by atoms with E-state index in [1.165, 1.54) is 0 Å². The van der Waals surface area contributed by atoms with Gasteiger partial charge >= 0.3 is 5.97 Å². The van der Waals surface area contributed by atoms with Crippen molar-refractivity contribution in [3.8, 4) is 0 Å². The van der Waals surface area contributed by atoms with E-state index in [-0.39, 0.29) is 16.8 Å². The van der Waals surface area contributed by atoms with Crippen molar-refractivity contribution in [2.24, 2.45) is 0 Å². The van der Waals surface area contributed by atoms with Gasteiger partial charge in [-0.3, -0.25) is 9.59 Å². The highest BCUT2D eigenvalue weighted by atomic mass is 79.9. The Morgan fingerprint density at radius 1 is 1.08 bits per heavy atom. The molecule has 0 spiro atoms. The SMILES string of the molecule is O=C(COC(=O)c1cc(=O)c2ccccc2o1)Nc1ccccc1Br. The molecule has 0 saturated heterocycles. The first-order valence-corrected chi connectivity index (χ1v) is 8.08. The number of hydrogen-bond acceptors (Lipinski definition) is 5. The topological polar surface area (TPSA) is 85.6 Å².